The maximum absolute atomic E-state index is 4.79. The topological polar surface area (TPSA) is 37.8 Å². The number of hydrogen-bond donors (Lipinski definition) is 1. The van der Waals surface area contributed by atoms with Crippen LogP contribution in [0.1, 0.15) is 55.1 Å². The van der Waals surface area contributed by atoms with Crippen molar-refractivity contribution in [2.75, 3.05) is 6.54 Å². The normalized spacial score (nSPS) is 27.0. The third kappa shape index (κ3) is 2.28. The van der Waals surface area contributed by atoms with Gasteiger partial charge in [-0.1, -0.05) is 0 Å². The number of nitrogens with zero attached hydrogens (tertiary/aromatic N) is 2. The monoisotopic (exact) mass is 243 g/mol. The molecule has 1 heterocycles. The molecule has 1 unspecified atom stereocenters. The number of hydrogen-bond acceptors (Lipinski definition) is 3. The van der Waals surface area contributed by atoms with Crippen molar-refractivity contribution in [3.05, 3.63) is 23.3 Å². The molecule has 4 rings (SSSR count). The molecule has 0 amide bonds. The van der Waals surface area contributed by atoms with E-state index in [0.29, 0.717) is 5.92 Å². The van der Waals surface area contributed by atoms with Crippen LogP contribution in [0.4, 0.5) is 0 Å². The summed E-state index contributed by atoms with van der Waals surface area (Å²) in [6, 6.07) is 0.833. The van der Waals surface area contributed by atoms with Gasteiger partial charge >= 0.3 is 0 Å². The number of aryl methyl sites for hydroxylation is 1. The highest BCUT2D eigenvalue weighted by atomic mass is 14.9. The van der Waals surface area contributed by atoms with Crippen molar-refractivity contribution in [3.8, 4) is 0 Å². The number of aromatic nitrogens is 2. The number of nitrogens with one attached hydrogen (secondary N) is 1. The van der Waals surface area contributed by atoms with Crippen molar-refractivity contribution in [2.24, 2.45) is 5.92 Å². The summed E-state index contributed by atoms with van der Waals surface area (Å²) in [7, 11) is 0. The second-order valence-corrected chi connectivity index (χ2v) is 6.27. The van der Waals surface area contributed by atoms with Crippen LogP contribution in [0.25, 0.3) is 0 Å². The van der Waals surface area contributed by atoms with Gasteiger partial charge in [0.2, 0.25) is 0 Å². The van der Waals surface area contributed by atoms with Gasteiger partial charge in [0.25, 0.3) is 0 Å². The smallest absolute Gasteiger partial charge is 0.131 e. The Morgan fingerprint density at radius 3 is 2.83 bits per heavy atom. The van der Waals surface area contributed by atoms with E-state index in [9.17, 15) is 0 Å². The predicted octanol–water partition coefficient (Wildman–Crippen LogP) is 2.21. The first-order valence-corrected chi connectivity index (χ1v) is 7.46. The van der Waals surface area contributed by atoms with Crippen LogP contribution in [-0.2, 0) is 12.8 Å². The Hall–Kier alpha value is -0.960. The van der Waals surface area contributed by atoms with Crippen molar-refractivity contribution in [1.29, 1.82) is 0 Å². The average molecular weight is 243 g/mol. The highest BCUT2D eigenvalue weighted by Gasteiger charge is 2.29. The lowest BCUT2D eigenvalue weighted by Crippen LogP contribution is -2.29. The fraction of sp³-hybridized carbons (Fsp3) is 0.733. The molecular formula is C15H21N3. The van der Waals surface area contributed by atoms with Gasteiger partial charge in [0, 0.05) is 23.9 Å². The second-order valence-electron chi connectivity index (χ2n) is 6.27. The highest BCUT2D eigenvalue weighted by molar-refractivity contribution is 5.23. The third-order valence-electron chi connectivity index (χ3n) is 4.49. The van der Waals surface area contributed by atoms with E-state index < -0.39 is 0 Å². The van der Waals surface area contributed by atoms with Gasteiger partial charge in [-0.15, -0.1) is 0 Å². The molecule has 1 N–H and O–H groups in total. The molecule has 0 aliphatic heterocycles. The van der Waals surface area contributed by atoms with Gasteiger partial charge in [-0.05, 0) is 63.0 Å². The molecule has 0 aromatic carbocycles. The fourth-order valence-corrected chi connectivity index (χ4v) is 2.93. The number of rotatable bonds is 4. The van der Waals surface area contributed by atoms with Gasteiger partial charge < -0.3 is 5.32 Å². The predicted molar refractivity (Wildman–Crippen MR) is 70.5 cm³/mol. The van der Waals surface area contributed by atoms with Crippen LogP contribution in [0.2, 0.25) is 0 Å². The van der Waals surface area contributed by atoms with Crippen molar-refractivity contribution >= 4 is 0 Å². The molecule has 18 heavy (non-hydrogen) atoms. The quantitative estimate of drug-likeness (QED) is 0.881. The molecule has 2 saturated carbocycles. The lowest BCUT2D eigenvalue weighted by molar-refractivity contribution is 0.417. The van der Waals surface area contributed by atoms with Crippen LogP contribution >= 0.6 is 0 Å². The SMILES string of the molecule is c1nc(C2CC2)nc2c1CC(CNC1CC1)CC2. The molecule has 0 saturated heterocycles. The standard InChI is InChI=1S/C15H21N3/c1-6-14-12(7-10(1)8-16-13-4-5-13)9-17-15(18-14)11-2-3-11/h9-11,13,16H,1-8H2. The summed E-state index contributed by atoms with van der Waals surface area (Å²) in [5, 5.41) is 3.66. The van der Waals surface area contributed by atoms with Gasteiger partial charge in [-0.25, -0.2) is 9.97 Å². The minimum absolute atomic E-state index is 0.685. The van der Waals surface area contributed by atoms with Crippen LogP contribution < -0.4 is 5.32 Å². The van der Waals surface area contributed by atoms with E-state index >= 15 is 0 Å². The van der Waals surface area contributed by atoms with E-state index in [4.69, 9.17) is 4.98 Å². The molecule has 1 atom stereocenters. The summed E-state index contributed by atoms with van der Waals surface area (Å²) in [6.07, 6.45) is 11.1. The van der Waals surface area contributed by atoms with E-state index in [1.54, 1.807) is 0 Å². The molecular weight excluding hydrogens is 222 g/mol. The Morgan fingerprint density at radius 2 is 2.06 bits per heavy atom. The van der Waals surface area contributed by atoms with Crippen molar-refractivity contribution in [1.82, 2.24) is 15.3 Å². The first kappa shape index (κ1) is 10.9. The molecule has 0 bridgehead atoms. The Bertz CT molecular complexity index is 449. The summed E-state index contributed by atoms with van der Waals surface area (Å²) in [4.78, 5) is 9.35. The molecule has 2 fully saturated rings. The maximum Gasteiger partial charge on any atom is 0.131 e. The molecule has 0 radical (unpaired) electrons. The summed E-state index contributed by atoms with van der Waals surface area (Å²) < 4.78 is 0. The average Bonchev–Trinajstić information content (AvgIpc) is 3.29. The molecule has 3 nitrogen and oxygen atoms in total. The van der Waals surface area contributed by atoms with Gasteiger partial charge in [-0.2, -0.15) is 0 Å². The summed E-state index contributed by atoms with van der Waals surface area (Å²) in [5.74, 6) is 2.60. The molecule has 3 aliphatic carbocycles. The van der Waals surface area contributed by atoms with Gasteiger partial charge in [0.05, 0.1) is 0 Å². The Labute approximate surface area is 108 Å². The minimum Gasteiger partial charge on any atom is -0.314 e. The molecule has 1 aromatic heterocycles. The lowest BCUT2D eigenvalue weighted by atomic mass is 9.87. The van der Waals surface area contributed by atoms with E-state index in [-0.39, 0.29) is 0 Å². The van der Waals surface area contributed by atoms with Crippen LogP contribution in [0.3, 0.4) is 0 Å². The zero-order valence-corrected chi connectivity index (χ0v) is 10.9. The van der Waals surface area contributed by atoms with E-state index in [2.05, 4.69) is 16.5 Å². The highest BCUT2D eigenvalue weighted by Crippen LogP contribution is 2.38. The molecule has 0 spiro atoms. The third-order valence-corrected chi connectivity index (χ3v) is 4.49. The zero-order chi connectivity index (χ0) is 11.9. The van der Waals surface area contributed by atoms with Crippen LogP contribution in [0, 0.1) is 5.92 Å². The molecule has 3 heteroatoms. The van der Waals surface area contributed by atoms with Gasteiger partial charge in [-0.3, -0.25) is 0 Å². The fourth-order valence-electron chi connectivity index (χ4n) is 2.93. The minimum atomic E-state index is 0.685. The first-order valence-electron chi connectivity index (χ1n) is 7.46. The van der Waals surface area contributed by atoms with Crippen LogP contribution in [-0.4, -0.2) is 22.6 Å². The molecule has 96 valence electrons. The van der Waals surface area contributed by atoms with E-state index in [1.807, 2.05) is 0 Å². The van der Waals surface area contributed by atoms with E-state index in [0.717, 1.165) is 24.2 Å². The Kier molecular flexibility index (Phi) is 2.61. The second kappa shape index (κ2) is 4.30. The first-order chi connectivity index (χ1) is 8.88. The van der Waals surface area contributed by atoms with Crippen LogP contribution in [0.15, 0.2) is 6.20 Å². The molecule has 1 aromatic rings. The zero-order valence-electron chi connectivity index (χ0n) is 10.9. The maximum atomic E-state index is 4.79. The van der Waals surface area contributed by atoms with Gasteiger partial charge in [0.1, 0.15) is 5.82 Å². The van der Waals surface area contributed by atoms with Crippen molar-refractivity contribution in [2.45, 2.75) is 56.9 Å². The summed E-state index contributed by atoms with van der Waals surface area (Å²) in [5.41, 5.74) is 2.75. The molecule has 3 aliphatic rings. The summed E-state index contributed by atoms with van der Waals surface area (Å²) in [6.45, 7) is 1.19. The Morgan fingerprint density at radius 1 is 1.17 bits per heavy atom. The summed E-state index contributed by atoms with van der Waals surface area (Å²) >= 11 is 0. The van der Waals surface area contributed by atoms with Gasteiger partial charge in [0.15, 0.2) is 0 Å². The van der Waals surface area contributed by atoms with E-state index in [1.165, 1.54) is 56.3 Å². The van der Waals surface area contributed by atoms with Crippen molar-refractivity contribution < 1.29 is 0 Å². The number of fused-ring (bicyclic) bond motifs is 1. The lowest BCUT2D eigenvalue weighted by Gasteiger charge is -2.24. The Balaban J connectivity index is 1.43. The van der Waals surface area contributed by atoms with Crippen molar-refractivity contribution in [3.63, 3.8) is 0 Å². The van der Waals surface area contributed by atoms with Crippen LogP contribution in [0.5, 0.6) is 0 Å². The largest absolute Gasteiger partial charge is 0.314 e.